The van der Waals surface area contributed by atoms with Crippen LogP contribution in [0.2, 0.25) is 0 Å². The monoisotopic (exact) mass is 482 g/mol. The van der Waals surface area contributed by atoms with Gasteiger partial charge >= 0.3 is 0 Å². The first kappa shape index (κ1) is 22.4. The highest BCUT2D eigenvalue weighted by atomic mass is 32.2. The lowest BCUT2D eigenvalue weighted by Crippen LogP contribution is -2.39. The van der Waals surface area contributed by atoms with Crippen LogP contribution in [0.5, 0.6) is 0 Å². The van der Waals surface area contributed by atoms with Crippen LogP contribution in [0.1, 0.15) is 33.6 Å². The maximum absolute atomic E-state index is 14.1. The fourth-order valence-electron chi connectivity index (χ4n) is 3.39. The van der Waals surface area contributed by atoms with Crippen molar-refractivity contribution in [2.75, 3.05) is 18.4 Å². The number of piperidine rings is 1. The van der Waals surface area contributed by atoms with Gasteiger partial charge in [-0.1, -0.05) is 11.3 Å². The number of carbonyl (C=O) groups excluding carboxylic acids is 1. The minimum atomic E-state index is -4.17. The molecule has 7 nitrogen and oxygen atoms in total. The molecule has 0 aliphatic carbocycles. The Labute approximate surface area is 186 Å². The molecule has 32 heavy (non-hydrogen) atoms. The van der Waals surface area contributed by atoms with Gasteiger partial charge in [-0.3, -0.25) is 4.79 Å². The third-order valence-electron chi connectivity index (χ3n) is 4.98. The second-order valence-electron chi connectivity index (χ2n) is 7.18. The van der Waals surface area contributed by atoms with Gasteiger partial charge in [0.25, 0.3) is 5.91 Å². The summed E-state index contributed by atoms with van der Waals surface area (Å²) in [7, 11) is -4.17. The first-order valence-corrected chi connectivity index (χ1v) is 11.9. The molecule has 1 amide bonds. The topological polar surface area (TPSA) is 92.3 Å². The summed E-state index contributed by atoms with van der Waals surface area (Å²) in [6.07, 6.45) is 1.12. The number of hydrogen-bond donors (Lipinski definition) is 1. The van der Waals surface area contributed by atoms with Gasteiger partial charge in [0.05, 0.1) is 0 Å². The maximum atomic E-state index is 14.1. The predicted molar refractivity (Wildman–Crippen MR) is 111 cm³/mol. The Morgan fingerprint density at radius 2 is 1.78 bits per heavy atom. The van der Waals surface area contributed by atoms with Crippen molar-refractivity contribution in [1.29, 1.82) is 0 Å². The average Bonchev–Trinajstić information content (AvgIpc) is 3.26. The molecule has 1 aliphatic rings. The summed E-state index contributed by atoms with van der Waals surface area (Å²) in [6.45, 7) is 0.222. The molecule has 1 aromatic heterocycles. The van der Waals surface area contributed by atoms with Crippen LogP contribution in [0.4, 0.5) is 18.9 Å². The van der Waals surface area contributed by atoms with Crippen molar-refractivity contribution in [3.05, 3.63) is 69.9 Å². The van der Waals surface area contributed by atoms with Crippen LogP contribution in [-0.2, 0) is 10.0 Å². The molecule has 168 valence electrons. The number of benzene rings is 2. The van der Waals surface area contributed by atoms with Gasteiger partial charge in [0.1, 0.15) is 27.4 Å². The van der Waals surface area contributed by atoms with Crippen LogP contribution in [0.3, 0.4) is 0 Å². The molecule has 0 bridgehead atoms. The molecule has 2 aromatic carbocycles. The number of carbonyl (C=O) groups is 1. The van der Waals surface area contributed by atoms with Crippen LogP contribution in [-0.4, -0.2) is 41.9 Å². The smallest absolute Gasteiger partial charge is 0.286 e. The van der Waals surface area contributed by atoms with Crippen molar-refractivity contribution in [3.63, 3.8) is 0 Å². The maximum Gasteiger partial charge on any atom is 0.286 e. The summed E-state index contributed by atoms with van der Waals surface area (Å²) in [5, 5.41) is 11.1. The van der Waals surface area contributed by atoms with Gasteiger partial charge in [0.15, 0.2) is 0 Å². The number of aromatic nitrogens is 2. The van der Waals surface area contributed by atoms with Crippen molar-refractivity contribution in [2.45, 2.75) is 23.7 Å². The summed E-state index contributed by atoms with van der Waals surface area (Å²) < 4.78 is 67.1. The number of sulfonamides is 1. The van der Waals surface area contributed by atoms with E-state index in [1.54, 1.807) is 0 Å². The van der Waals surface area contributed by atoms with E-state index in [9.17, 15) is 26.4 Å². The minimum Gasteiger partial charge on any atom is -0.320 e. The van der Waals surface area contributed by atoms with E-state index in [4.69, 9.17) is 0 Å². The fraction of sp³-hybridized carbons (Fsp3) is 0.250. The van der Waals surface area contributed by atoms with E-state index in [2.05, 4.69) is 15.5 Å². The number of hydrogen-bond acceptors (Lipinski definition) is 6. The highest BCUT2D eigenvalue weighted by molar-refractivity contribution is 7.89. The zero-order chi connectivity index (χ0) is 22.9. The molecule has 12 heteroatoms. The van der Waals surface area contributed by atoms with E-state index in [0.717, 1.165) is 27.8 Å². The van der Waals surface area contributed by atoms with Gasteiger partial charge in [0.2, 0.25) is 15.0 Å². The van der Waals surface area contributed by atoms with Crippen molar-refractivity contribution in [3.8, 4) is 0 Å². The molecule has 2 heterocycles. The number of nitrogens with one attached hydrogen (secondary N) is 1. The van der Waals surface area contributed by atoms with Crippen molar-refractivity contribution >= 4 is 33.0 Å². The largest absolute Gasteiger partial charge is 0.320 e. The highest BCUT2D eigenvalue weighted by Gasteiger charge is 2.34. The van der Waals surface area contributed by atoms with Gasteiger partial charge in [-0.15, -0.1) is 10.2 Å². The fourth-order valence-corrected chi connectivity index (χ4v) is 5.83. The highest BCUT2D eigenvalue weighted by Crippen LogP contribution is 2.32. The molecule has 1 N–H and O–H groups in total. The minimum absolute atomic E-state index is 0.0351. The summed E-state index contributed by atoms with van der Waals surface area (Å²) in [6, 6.07) is 7.58. The van der Waals surface area contributed by atoms with Crippen LogP contribution in [0.15, 0.2) is 47.4 Å². The average molecular weight is 483 g/mol. The quantitative estimate of drug-likeness (QED) is 0.598. The summed E-state index contributed by atoms with van der Waals surface area (Å²) in [5.41, 5.74) is 0.393. The van der Waals surface area contributed by atoms with Gasteiger partial charge < -0.3 is 5.32 Å². The zero-order valence-electron chi connectivity index (χ0n) is 16.5. The molecule has 0 spiro atoms. The van der Waals surface area contributed by atoms with Crippen LogP contribution in [0.25, 0.3) is 0 Å². The first-order valence-electron chi connectivity index (χ1n) is 9.59. The van der Waals surface area contributed by atoms with E-state index in [1.807, 2.05) is 0 Å². The second kappa shape index (κ2) is 8.96. The Morgan fingerprint density at radius 1 is 1.06 bits per heavy atom. The van der Waals surface area contributed by atoms with Crippen molar-refractivity contribution < 1.29 is 26.4 Å². The van der Waals surface area contributed by atoms with Crippen LogP contribution in [0, 0.1) is 17.5 Å². The van der Waals surface area contributed by atoms with Gasteiger partial charge in [-0.05, 0) is 49.2 Å². The Kier molecular flexibility index (Phi) is 6.26. The molecule has 0 saturated carbocycles. The van der Waals surface area contributed by atoms with Gasteiger partial charge in [-0.25, -0.2) is 21.6 Å². The Hall–Kier alpha value is -2.83. The second-order valence-corrected chi connectivity index (χ2v) is 10.1. The SMILES string of the molecule is O=C(Nc1ccc(F)cc1)c1nnc(C2CCCN(S(=O)(=O)c3ccc(F)cc3F)C2)s1. The summed E-state index contributed by atoms with van der Waals surface area (Å²) in [5.74, 6) is -3.29. The van der Waals surface area contributed by atoms with E-state index in [1.165, 1.54) is 24.3 Å². The van der Waals surface area contributed by atoms with Crippen molar-refractivity contribution in [1.82, 2.24) is 14.5 Å². The molecule has 1 aliphatic heterocycles. The van der Waals surface area contributed by atoms with Crippen LogP contribution < -0.4 is 5.32 Å². The molecule has 0 radical (unpaired) electrons. The molecule has 1 fully saturated rings. The zero-order valence-corrected chi connectivity index (χ0v) is 18.1. The summed E-state index contributed by atoms with van der Waals surface area (Å²) in [4.78, 5) is 11.8. The molecular formula is C20H17F3N4O3S2. The lowest BCUT2D eigenvalue weighted by Gasteiger charge is -2.30. The van der Waals surface area contributed by atoms with Gasteiger partial charge in [0, 0.05) is 30.8 Å². The standard InChI is InChI=1S/C20H17F3N4O3S2/c21-13-3-6-15(7-4-13)24-18(28)20-26-25-19(31-20)12-2-1-9-27(11-12)32(29,30)17-8-5-14(22)10-16(17)23/h3-8,10,12H,1-2,9,11H2,(H,24,28). The Bertz CT molecular complexity index is 1250. The van der Waals surface area contributed by atoms with E-state index in [0.29, 0.717) is 29.6 Å². The first-order chi connectivity index (χ1) is 15.2. The predicted octanol–water partition coefficient (Wildman–Crippen LogP) is 3.78. The van der Waals surface area contributed by atoms with Gasteiger partial charge in [-0.2, -0.15) is 4.31 Å². The van der Waals surface area contributed by atoms with E-state index >= 15 is 0 Å². The van der Waals surface area contributed by atoms with Crippen LogP contribution >= 0.6 is 11.3 Å². The lowest BCUT2D eigenvalue weighted by molar-refractivity contribution is 0.102. The number of rotatable bonds is 5. The van der Waals surface area contributed by atoms with E-state index in [-0.39, 0.29) is 24.0 Å². The van der Waals surface area contributed by atoms with E-state index < -0.39 is 38.3 Å². The lowest BCUT2D eigenvalue weighted by atomic mass is 10.0. The molecular weight excluding hydrogens is 465 g/mol. The number of halogens is 3. The molecule has 1 unspecified atom stereocenters. The molecule has 1 saturated heterocycles. The third-order valence-corrected chi connectivity index (χ3v) is 7.96. The Balaban J connectivity index is 1.48. The summed E-state index contributed by atoms with van der Waals surface area (Å²) >= 11 is 1.03. The normalized spacial score (nSPS) is 17.3. The molecule has 3 aromatic rings. The third kappa shape index (κ3) is 4.66. The van der Waals surface area contributed by atoms with Crippen molar-refractivity contribution in [2.24, 2.45) is 0 Å². The number of anilines is 1. The molecule has 4 rings (SSSR count). The Morgan fingerprint density at radius 3 is 2.50 bits per heavy atom. The number of amides is 1. The molecule has 1 atom stereocenters. The number of nitrogens with zero attached hydrogens (tertiary/aromatic N) is 3.